The van der Waals surface area contributed by atoms with Gasteiger partial charge in [-0.25, -0.2) is 9.50 Å². The summed E-state index contributed by atoms with van der Waals surface area (Å²) in [4.78, 5) is 14.4. The molecular weight excluding hydrogens is 392 g/mol. The van der Waals surface area contributed by atoms with Gasteiger partial charge in [0.05, 0.1) is 23.2 Å². The molecule has 6 heterocycles. The molecule has 5 aromatic rings. The van der Waals surface area contributed by atoms with E-state index in [1.165, 1.54) is 0 Å². The molecule has 9 heteroatoms. The first-order valence-corrected chi connectivity index (χ1v) is 10.2. The van der Waals surface area contributed by atoms with Crippen LogP contribution in [0.3, 0.4) is 0 Å². The smallest absolute Gasteiger partial charge is 0.319 e. The summed E-state index contributed by atoms with van der Waals surface area (Å²) in [6.07, 6.45) is 6.22. The molecule has 0 saturated heterocycles. The first-order chi connectivity index (χ1) is 15.2. The van der Waals surface area contributed by atoms with Crippen molar-refractivity contribution in [2.24, 2.45) is 0 Å². The van der Waals surface area contributed by atoms with E-state index in [2.05, 4.69) is 49.1 Å². The molecule has 154 valence electrons. The van der Waals surface area contributed by atoms with Gasteiger partial charge in [-0.2, -0.15) is 5.10 Å². The molecular formula is C22H20N8O. The SMILES string of the molecule is Cc1cccnc1-c1nnc(N2CCc3[nH]cnc3[C@@H]2c2cc3c(C)cccn3n2)o1. The lowest BCUT2D eigenvalue weighted by molar-refractivity contribution is 0.502. The Morgan fingerprint density at radius 1 is 1.10 bits per heavy atom. The molecule has 0 saturated carbocycles. The number of fused-ring (bicyclic) bond motifs is 2. The molecule has 0 bridgehead atoms. The highest BCUT2D eigenvalue weighted by molar-refractivity contribution is 5.57. The van der Waals surface area contributed by atoms with Crippen molar-refractivity contribution < 1.29 is 4.42 Å². The van der Waals surface area contributed by atoms with Crippen molar-refractivity contribution in [2.45, 2.75) is 26.3 Å². The van der Waals surface area contributed by atoms with Crippen LogP contribution in [0.5, 0.6) is 0 Å². The Bertz CT molecular complexity index is 1400. The van der Waals surface area contributed by atoms with Crippen molar-refractivity contribution in [3.05, 3.63) is 77.3 Å². The lowest BCUT2D eigenvalue weighted by atomic mass is 10.00. The number of H-pyrrole nitrogens is 1. The highest BCUT2D eigenvalue weighted by Crippen LogP contribution is 2.37. The van der Waals surface area contributed by atoms with Crippen LogP contribution < -0.4 is 4.90 Å². The molecule has 0 aromatic carbocycles. The summed E-state index contributed by atoms with van der Waals surface area (Å²) >= 11 is 0. The van der Waals surface area contributed by atoms with Gasteiger partial charge in [-0.15, -0.1) is 5.10 Å². The van der Waals surface area contributed by atoms with Gasteiger partial charge in [-0.1, -0.05) is 17.2 Å². The Balaban J connectivity index is 1.46. The van der Waals surface area contributed by atoms with E-state index >= 15 is 0 Å². The molecule has 0 amide bonds. The van der Waals surface area contributed by atoms with E-state index in [-0.39, 0.29) is 6.04 Å². The van der Waals surface area contributed by atoms with Crippen LogP contribution in [0.25, 0.3) is 17.1 Å². The van der Waals surface area contributed by atoms with Crippen LogP contribution in [0, 0.1) is 13.8 Å². The molecule has 9 nitrogen and oxygen atoms in total. The van der Waals surface area contributed by atoms with Crippen LogP contribution in [0.4, 0.5) is 6.01 Å². The lowest BCUT2D eigenvalue weighted by Crippen LogP contribution is -2.36. The number of anilines is 1. The minimum atomic E-state index is -0.229. The summed E-state index contributed by atoms with van der Waals surface area (Å²) in [7, 11) is 0. The number of hydrogen-bond donors (Lipinski definition) is 1. The number of aryl methyl sites for hydroxylation is 2. The molecule has 6 rings (SSSR count). The Hall–Kier alpha value is -4.01. The average molecular weight is 412 g/mol. The molecule has 1 N–H and O–H groups in total. The number of nitrogens with one attached hydrogen (secondary N) is 1. The predicted molar refractivity (Wildman–Crippen MR) is 114 cm³/mol. The van der Waals surface area contributed by atoms with E-state index in [9.17, 15) is 0 Å². The van der Waals surface area contributed by atoms with E-state index in [0.29, 0.717) is 24.1 Å². The topological polar surface area (TPSA) is 101 Å². The maximum absolute atomic E-state index is 6.10. The molecule has 1 aliphatic heterocycles. The van der Waals surface area contributed by atoms with Gasteiger partial charge in [0.1, 0.15) is 11.7 Å². The normalized spacial score (nSPS) is 16.1. The molecule has 0 fully saturated rings. The Labute approximate surface area is 177 Å². The van der Waals surface area contributed by atoms with Gasteiger partial charge in [0.25, 0.3) is 5.89 Å². The van der Waals surface area contributed by atoms with Crippen LogP contribution in [0.1, 0.15) is 34.3 Å². The van der Waals surface area contributed by atoms with E-state index in [1.807, 2.05) is 35.8 Å². The third kappa shape index (κ3) is 2.81. The first-order valence-electron chi connectivity index (χ1n) is 10.2. The minimum absolute atomic E-state index is 0.229. The van der Waals surface area contributed by atoms with E-state index < -0.39 is 0 Å². The third-order valence-corrected chi connectivity index (χ3v) is 5.81. The molecule has 1 atom stereocenters. The molecule has 0 spiro atoms. The van der Waals surface area contributed by atoms with Crippen molar-refractivity contribution >= 4 is 11.5 Å². The van der Waals surface area contributed by atoms with Gasteiger partial charge >= 0.3 is 6.01 Å². The summed E-state index contributed by atoms with van der Waals surface area (Å²) in [5.74, 6) is 0.408. The van der Waals surface area contributed by atoms with Crippen LogP contribution in [-0.4, -0.2) is 41.3 Å². The molecule has 5 aromatic heterocycles. The van der Waals surface area contributed by atoms with Gasteiger partial charge in [0.15, 0.2) is 0 Å². The zero-order chi connectivity index (χ0) is 20.9. The number of aromatic amines is 1. The third-order valence-electron chi connectivity index (χ3n) is 5.81. The van der Waals surface area contributed by atoms with Gasteiger partial charge in [-0.05, 0) is 43.2 Å². The average Bonchev–Trinajstić information content (AvgIpc) is 3.52. The summed E-state index contributed by atoms with van der Waals surface area (Å²) in [6.45, 7) is 4.76. The maximum atomic E-state index is 6.10. The van der Waals surface area contributed by atoms with Gasteiger partial charge in [0, 0.05) is 31.1 Å². The molecule has 0 aliphatic carbocycles. The predicted octanol–water partition coefficient (Wildman–Crippen LogP) is 3.27. The number of nitrogens with zero attached hydrogens (tertiary/aromatic N) is 7. The fraction of sp³-hybridized carbons (Fsp3) is 0.227. The zero-order valence-corrected chi connectivity index (χ0v) is 17.1. The number of pyridine rings is 2. The molecule has 1 aliphatic rings. The molecule has 0 radical (unpaired) electrons. The monoisotopic (exact) mass is 412 g/mol. The fourth-order valence-electron chi connectivity index (χ4n) is 4.23. The maximum Gasteiger partial charge on any atom is 0.319 e. The summed E-state index contributed by atoms with van der Waals surface area (Å²) < 4.78 is 8.00. The summed E-state index contributed by atoms with van der Waals surface area (Å²) in [5.41, 5.74) is 6.83. The van der Waals surface area contributed by atoms with Gasteiger partial charge in [-0.3, -0.25) is 4.98 Å². The van der Waals surface area contributed by atoms with Gasteiger partial charge in [0.2, 0.25) is 0 Å². The number of rotatable bonds is 3. The molecule has 31 heavy (non-hydrogen) atoms. The lowest BCUT2D eigenvalue weighted by Gasteiger charge is -2.32. The van der Waals surface area contributed by atoms with E-state index in [0.717, 1.165) is 40.1 Å². The van der Waals surface area contributed by atoms with Crippen molar-refractivity contribution in [1.82, 2.24) is 34.8 Å². The Kier molecular flexibility index (Phi) is 3.89. The van der Waals surface area contributed by atoms with Gasteiger partial charge < -0.3 is 14.3 Å². The van der Waals surface area contributed by atoms with E-state index in [4.69, 9.17) is 9.52 Å². The van der Waals surface area contributed by atoms with Crippen molar-refractivity contribution in [3.63, 3.8) is 0 Å². The minimum Gasteiger partial charge on any atom is -0.402 e. The highest BCUT2D eigenvalue weighted by atomic mass is 16.4. The zero-order valence-electron chi connectivity index (χ0n) is 17.1. The summed E-state index contributed by atoms with van der Waals surface area (Å²) in [5, 5.41) is 13.5. The van der Waals surface area contributed by atoms with Crippen LogP contribution in [-0.2, 0) is 6.42 Å². The standard InChI is InChI=1S/C22H20N8O/c1-13-6-4-9-30-17(13)11-16(28-30)20-19-15(24-12-25-19)7-10-29(20)22-27-26-21(31-22)18-14(2)5-3-8-23-18/h3-6,8-9,11-12,20H,7,10H2,1-2H3,(H,24,25)/t20-/m0/s1. The number of imidazole rings is 1. The Morgan fingerprint density at radius 3 is 2.87 bits per heavy atom. The second-order valence-electron chi connectivity index (χ2n) is 7.76. The highest BCUT2D eigenvalue weighted by Gasteiger charge is 2.36. The van der Waals surface area contributed by atoms with Crippen molar-refractivity contribution in [1.29, 1.82) is 0 Å². The van der Waals surface area contributed by atoms with Crippen molar-refractivity contribution in [2.75, 3.05) is 11.4 Å². The fourth-order valence-corrected chi connectivity index (χ4v) is 4.23. The second kappa shape index (κ2) is 6.76. The first kappa shape index (κ1) is 17.8. The van der Waals surface area contributed by atoms with Crippen molar-refractivity contribution in [3.8, 4) is 11.6 Å². The summed E-state index contributed by atoms with van der Waals surface area (Å²) in [6, 6.07) is 10.3. The van der Waals surface area contributed by atoms with E-state index in [1.54, 1.807) is 12.5 Å². The van der Waals surface area contributed by atoms with Crippen LogP contribution >= 0.6 is 0 Å². The number of hydrogen-bond acceptors (Lipinski definition) is 7. The number of aromatic nitrogens is 7. The molecule has 0 unspecified atom stereocenters. The Morgan fingerprint density at radius 2 is 2.00 bits per heavy atom. The second-order valence-corrected chi connectivity index (χ2v) is 7.76. The quantitative estimate of drug-likeness (QED) is 0.485. The largest absolute Gasteiger partial charge is 0.402 e. The van der Waals surface area contributed by atoms with Crippen LogP contribution in [0.2, 0.25) is 0 Å². The van der Waals surface area contributed by atoms with Crippen LogP contribution in [0.15, 0.2) is 53.5 Å².